The van der Waals surface area contributed by atoms with Crippen LogP contribution >= 0.6 is 0 Å². The van der Waals surface area contributed by atoms with E-state index in [1.54, 1.807) is 13.8 Å². The van der Waals surface area contributed by atoms with Gasteiger partial charge in [0.05, 0.1) is 19.3 Å². The number of allylic oxidation sites excluding steroid dienone is 6. The van der Waals surface area contributed by atoms with E-state index >= 15 is 0 Å². The van der Waals surface area contributed by atoms with Gasteiger partial charge in [0, 0.05) is 12.2 Å². The van der Waals surface area contributed by atoms with Crippen molar-refractivity contribution in [2.24, 2.45) is 23.7 Å². The molecular weight excluding hydrogens is 608 g/mol. The minimum atomic E-state index is -1.34. The van der Waals surface area contributed by atoms with Gasteiger partial charge in [-0.25, -0.2) is 9.59 Å². The van der Waals surface area contributed by atoms with Crippen LogP contribution in [0.25, 0.3) is 0 Å². The SMILES string of the molecule is CC(=C\C(=O)O)/C=C(\C)C[C@H](C)CCCC[C@H](O)[C@H](CO)C(=O)O[C@H](CCCC[C@@H](C)C/C(C)=C/C(C)=C/C(=O)O)[C@H](CO)C(=O)O. The summed E-state index contributed by atoms with van der Waals surface area (Å²) in [6, 6.07) is 0. The lowest BCUT2D eigenvalue weighted by atomic mass is 9.92. The van der Waals surface area contributed by atoms with Crippen LogP contribution in [0.3, 0.4) is 0 Å². The van der Waals surface area contributed by atoms with Crippen LogP contribution in [-0.2, 0) is 23.9 Å². The van der Waals surface area contributed by atoms with Crippen molar-refractivity contribution >= 4 is 23.9 Å². The lowest BCUT2D eigenvalue weighted by molar-refractivity contribution is -0.169. The number of carbonyl (C=O) groups is 4. The van der Waals surface area contributed by atoms with Gasteiger partial charge in [-0.05, 0) is 82.8 Å². The molecular formula is C36H58O11. The average Bonchev–Trinajstić information content (AvgIpc) is 2.92. The van der Waals surface area contributed by atoms with Crippen LogP contribution in [-0.4, -0.2) is 79.9 Å². The number of hydrogen-bond donors (Lipinski definition) is 6. The average molecular weight is 667 g/mol. The molecule has 0 radical (unpaired) electrons. The summed E-state index contributed by atoms with van der Waals surface area (Å²) in [7, 11) is 0. The molecule has 0 rings (SSSR count). The van der Waals surface area contributed by atoms with Gasteiger partial charge in [-0.15, -0.1) is 0 Å². The lowest BCUT2D eigenvalue weighted by Gasteiger charge is -2.27. The third-order valence-electron chi connectivity index (χ3n) is 8.07. The molecule has 0 bridgehead atoms. The molecule has 0 saturated heterocycles. The first kappa shape index (κ1) is 43.7. The molecule has 0 heterocycles. The Morgan fingerprint density at radius 3 is 1.40 bits per heavy atom. The van der Waals surface area contributed by atoms with Crippen LogP contribution in [0.15, 0.2) is 46.6 Å². The quantitative estimate of drug-likeness (QED) is 0.0303. The summed E-state index contributed by atoms with van der Waals surface area (Å²) in [5.74, 6) is -6.19. The number of rotatable bonds is 25. The summed E-state index contributed by atoms with van der Waals surface area (Å²) in [6.07, 6.45) is 9.91. The molecule has 0 fully saturated rings. The number of aliphatic carboxylic acids is 3. The highest BCUT2D eigenvalue weighted by molar-refractivity contribution is 5.81. The smallest absolute Gasteiger partial charge is 0.328 e. The highest BCUT2D eigenvalue weighted by Crippen LogP contribution is 2.24. The summed E-state index contributed by atoms with van der Waals surface area (Å²) >= 11 is 0. The van der Waals surface area contributed by atoms with Crippen molar-refractivity contribution in [1.82, 2.24) is 0 Å². The largest absolute Gasteiger partial charge is 0.481 e. The van der Waals surface area contributed by atoms with Gasteiger partial charge in [-0.2, -0.15) is 0 Å². The van der Waals surface area contributed by atoms with Gasteiger partial charge in [0.1, 0.15) is 17.9 Å². The molecule has 268 valence electrons. The Morgan fingerprint density at radius 2 is 1.02 bits per heavy atom. The Morgan fingerprint density at radius 1 is 0.617 bits per heavy atom. The van der Waals surface area contributed by atoms with E-state index in [9.17, 15) is 39.6 Å². The van der Waals surface area contributed by atoms with Gasteiger partial charge in [-0.3, -0.25) is 9.59 Å². The summed E-state index contributed by atoms with van der Waals surface area (Å²) in [6.45, 7) is 10.1. The van der Waals surface area contributed by atoms with Crippen molar-refractivity contribution in [1.29, 1.82) is 0 Å². The summed E-state index contributed by atoms with van der Waals surface area (Å²) in [5.41, 5.74) is 3.42. The molecule has 0 unspecified atom stereocenters. The summed E-state index contributed by atoms with van der Waals surface area (Å²) in [5, 5.41) is 57.7. The zero-order valence-corrected chi connectivity index (χ0v) is 29.0. The number of unbranched alkanes of at least 4 members (excludes halogenated alkanes) is 2. The van der Waals surface area contributed by atoms with Crippen LogP contribution < -0.4 is 0 Å². The Hall–Kier alpha value is -3.28. The topological polar surface area (TPSA) is 199 Å². The Labute approximate surface area is 279 Å². The Bertz CT molecular complexity index is 1120. The van der Waals surface area contributed by atoms with Crippen molar-refractivity contribution in [3.8, 4) is 0 Å². The predicted molar refractivity (Wildman–Crippen MR) is 179 cm³/mol. The molecule has 47 heavy (non-hydrogen) atoms. The standard InChI is InChI=1S/C36H58O11/c1-23(15-25(3)17-27(5)19-33(40)41)11-7-9-13-31(39)29(21-37)36(46)47-32(30(22-38)35(44)45)14-10-8-12-24(2)16-26(4)18-28(6)20-34(42)43/h17-20,23-24,29-32,37-39H,7-16,21-22H2,1-6H3,(H,40,41)(H,42,43)(H,44,45)/b25-17+,26-18+,27-19+,28-20+/t23-,24-,29+,30+,31+,32-/m1/s1. The summed E-state index contributed by atoms with van der Waals surface area (Å²) < 4.78 is 5.52. The van der Waals surface area contributed by atoms with Crippen molar-refractivity contribution in [3.05, 3.63) is 46.6 Å². The number of carboxylic acid groups (broad SMARTS) is 3. The maximum Gasteiger partial charge on any atom is 0.328 e. The van der Waals surface area contributed by atoms with Crippen LogP contribution in [0, 0.1) is 23.7 Å². The highest BCUT2D eigenvalue weighted by atomic mass is 16.5. The summed E-state index contributed by atoms with van der Waals surface area (Å²) in [4.78, 5) is 46.4. The monoisotopic (exact) mass is 666 g/mol. The number of carbonyl (C=O) groups excluding carboxylic acids is 1. The van der Waals surface area contributed by atoms with Crippen LogP contribution in [0.4, 0.5) is 0 Å². The highest BCUT2D eigenvalue weighted by Gasteiger charge is 2.35. The number of aliphatic hydroxyl groups is 3. The minimum Gasteiger partial charge on any atom is -0.481 e. The molecule has 0 amide bonds. The maximum absolute atomic E-state index is 13.0. The van der Waals surface area contributed by atoms with E-state index in [2.05, 4.69) is 13.8 Å². The molecule has 0 aromatic carbocycles. The molecule has 0 aromatic rings. The van der Waals surface area contributed by atoms with Gasteiger partial charge in [0.25, 0.3) is 0 Å². The van der Waals surface area contributed by atoms with Crippen molar-refractivity contribution in [2.75, 3.05) is 13.2 Å². The van der Waals surface area contributed by atoms with Crippen LogP contribution in [0.5, 0.6) is 0 Å². The minimum absolute atomic E-state index is 0.191. The van der Waals surface area contributed by atoms with Crippen molar-refractivity contribution < 1.29 is 54.6 Å². The van der Waals surface area contributed by atoms with E-state index in [4.69, 9.17) is 14.9 Å². The molecule has 0 saturated carbocycles. The third-order valence-corrected chi connectivity index (χ3v) is 8.07. The fraction of sp³-hybridized carbons (Fsp3) is 0.667. The van der Waals surface area contributed by atoms with Crippen molar-refractivity contribution in [2.45, 2.75) is 118 Å². The first-order valence-electron chi connectivity index (χ1n) is 16.5. The number of ether oxygens (including phenoxy) is 1. The Balaban J connectivity index is 5.02. The van der Waals surface area contributed by atoms with E-state index in [0.717, 1.165) is 55.4 Å². The molecule has 11 nitrogen and oxygen atoms in total. The van der Waals surface area contributed by atoms with Gasteiger partial charge >= 0.3 is 23.9 Å². The fourth-order valence-electron chi connectivity index (χ4n) is 5.84. The zero-order valence-electron chi connectivity index (χ0n) is 29.0. The van der Waals surface area contributed by atoms with Gasteiger partial charge in [0.15, 0.2) is 0 Å². The predicted octanol–water partition coefficient (Wildman–Crippen LogP) is 5.69. The van der Waals surface area contributed by atoms with E-state index in [-0.39, 0.29) is 18.8 Å². The number of aliphatic hydroxyl groups excluding tert-OH is 3. The molecule has 11 heteroatoms. The second kappa shape index (κ2) is 23.9. The fourth-order valence-corrected chi connectivity index (χ4v) is 5.84. The maximum atomic E-state index is 13.0. The molecule has 0 aliphatic heterocycles. The van der Waals surface area contributed by atoms with Gasteiger partial charge in [0.2, 0.25) is 0 Å². The third kappa shape index (κ3) is 20.5. The first-order valence-corrected chi connectivity index (χ1v) is 16.5. The molecule has 0 aliphatic carbocycles. The van der Waals surface area contributed by atoms with E-state index in [0.29, 0.717) is 36.3 Å². The second-order valence-corrected chi connectivity index (χ2v) is 13.1. The number of carboxylic acids is 3. The zero-order chi connectivity index (χ0) is 36.1. The van der Waals surface area contributed by atoms with Gasteiger partial charge < -0.3 is 35.4 Å². The van der Waals surface area contributed by atoms with Crippen LogP contribution in [0.1, 0.15) is 106 Å². The van der Waals surface area contributed by atoms with E-state index in [1.165, 1.54) is 0 Å². The first-order chi connectivity index (χ1) is 22.0. The number of esters is 1. The molecule has 0 aliphatic rings. The van der Waals surface area contributed by atoms with Gasteiger partial charge in [-0.1, -0.05) is 69.2 Å². The molecule has 6 N–H and O–H groups in total. The normalized spacial score (nSPS) is 17.0. The van der Waals surface area contributed by atoms with Crippen LogP contribution in [0.2, 0.25) is 0 Å². The Kier molecular flexibility index (Phi) is 22.3. The number of hydrogen-bond acceptors (Lipinski definition) is 8. The van der Waals surface area contributed by atoms with E-state index in [1.807, 2.05) is 26.0 Å². The van der Waals surface area contributed by atoms with Crippen molar-refractivity contribution in [3.63, 3.8) is 0 Å². The molecule has 0 spiro atoms. The molecule has 6 atom stereocenters. The lowest BCUT2D eigenvalue weighted by Crippen LogP contribution is -2.40. The molecule has 0 aromatic heterocycles. The second-order valence-electron chi connectivity index (χ2n) is 13.1. The van der Waals surface area contributed by atoms with E-state index < -0.39 is 61.1 Å².